The molecule has 0 bridgehead atoms. The van der Waals surface area contributed by atoms with Crippen molar-refractivity contribution in [3.63, 3.8) is 0 Å². The zero-order chi connectivity index (χ0) is 21.2. The number of hydrogen-bond acceptors (Lipinski definition) is 5. The van der Waals surface area contributed by atoms with Gasteiger partial charge in [-0.05, 0) is 50.2 Å². The molecule has 7 nitrogen and oxygen atoms in total. The fourth-order valence-electron chi connectivity index (χ4n) is 3.47. The van der Waals surface area contributed by atoms with Crippen LogP contribution in [0.3, 0.4) is 0 Å². The van der Waals surface area contributed by atoms with Crippen LogP contribution in [0.2, 0.25) is 0 Å². The number of para-hydroxylation sites is 2. The summed E-state index contributed by atoms with van der Waals surface area (Å²) in [6.07, 6.45) is -0.0614. The molecule has 1 fully saturated rings. The molecule has 2 atom stereocenters. The van der Waals surface area contributed by atoms with Gasteiger partial charge >= 0.3 is 0 Å². The van der Waals surface area contributed by atoms with Crippen LogP contribution in [-0.2, 0) is 14.8 Å². The smallest absolute Gasteiger partial charge is 0.264 e. The van der Waals surface area contributed by atoms with E-state index in [0.29, 0.717) is 30.1 Å². The van der Waals surface area contributed by atoms with Crippen molar-refractivity contribution < 1.29 is 22.7 Å². The number of anilines is 1. The summed E-state index contributed by atoms with van der Waals surface area (Å²) in [5.74, 6) is 0.329. The third-order valence-electron chi connectivity index (χ3n) is 4.89. The molecule has 2 aromatic carbocycles. The summed E-state index contributed by atoms with van der Waals surface area (Å²) < 4.78 is 38.2. The molecule has 3 rings (SSSR count). The molecule has 156 valence electrons. The maximum absolute atomic E-state index is 13.0. The molecule has 29 heavy (non-hydrogen) atoms. The van der Waals surface area contributed by atoms with Gasteiger partial charge in [0.1, 0.15) is 5.75 Å². The number of morpholine rings is 1. The first-order valence-corrected chi connectivity index (χ1v) is 10.8. The highest BCUT2D eigenvalue weighted by Crippen LogP contribution is 2.31. The molecule has 1 amide bonds. The van der Waals surface area contributed by atoms with E-state index in [2.05, 4.69) is 0 Å². The van der Waals surface area contributed by atoms with Crippen LogP contribution in [-0.4, -0.2) is 58.7 Å². The van der Waals surface area contributed by atoms with Gasteiger partial charge in [-0.2, -0.15) is 0 Å². The van der Waals surface area contributed by atoms with E-state index in [-0.39, 0.29) is 23.0 Å². The van der Waals surface area contributed by atoms with E-state index >= 15 is 0 Å². The van der Waals surface area contributed by atoms with Gasteiger partial charge in [0.2, 0.25) is 0 Å². The summed E-state index contributed by atoms with van der Waals surface area (Å²) in [6, 6.07) is 12.9. The Labute approximate surface area is 171 Å². The molecule has 0 aliphatic carbocycles. The molecule has 0 unspecified atom stereocenters. The van der Waals surface area contributed by atoms with Gasteiger partial charge in [0, 0.05) is 25.7 Å². The first kappa shape index (κ1) is 21.1. The van der Waals surface area contributed by atoms with Gasteiger partial charge in [0.05, 0.1) is 29.9 Å². The van der Waals surface area contributed by atoms with E-state index in [0.717, 1.165) is 0 Å². The van der Waals surface area contributed by atoms with Crippen LogP contribution in [0.1, 0.15) is 24.2 Å². The Morgan fingerprint density at radius 1 is 1.07 bits per heavy atom. The molecule has 0 aromatic heterocycles. The lowest BCUT2D eigenvalue weighted by Gasteiger charge is -2.35. The minimum atomic E-state index is -3.80. The van der Waals surface area contributed by atoms with Gasteiger partial charge in [0.25, 0.3) is 15.9 Å². The van der Waals surface area contributed by atoms with Gasteiger partial charge in [-0.1, -0.05) is 12.1 Å². The summed E-state index contributed by atoms with van der Waals surface area (Å²) in [5.41, 5.74) is 0.886. The largest absolute Gasteiger partial charge is 0.495 e. The Bertz CT molecular complexity index is 965. The molecule has 1 heterocycles. The molecule has 0 N–H and O–H groups in total. The summed E-state index contributed by atoms with van der Waals surface area (Å²) in [6.45, 7) is 4.89. The number of ether oxygens (including phenoxy) is 2. The molecular weight excluding hydrogens is 392 g/mol. The van der Waals surface area contributed by atoms with Crippen LogP contribution in [0.5, 0.6) is 5.75 Å². The van der Waals surface area contributed by atoms with E-state index in [1.165, 1.54) is 30.6 Å². The maximum atomic E-state index is 13.0. The van der Waals surface area contributed by atoms with Crippen molar-refractivity contribution in [3.05, 3.63) is 54.1 Å². The summed E-state index contributed by atoms with van der Waals surface area (Å²) >= 11 is 0. The average Bonchev–Trinajstić information content (AvgIpc) is 2.72. The number of carbonyl (C=O) groups excluding carboxylic acids is 1. The van der Waals surface area contributed by atoms with Crippen molar-refractivity contribution in [2.24, 2.45) is 0 Å². The highest BCUT2D eigenvalue weighted by Gasteiger charge is 2.28. The molecule has 2 aromatic rings. The predicted molar refractivity (Wildman–Crippen MR) is 111 cm³/mol. The van der Waals surface area contributed by atoms with Gasteiger partial charge in [-0.15, -0.1) is 0 Å². The molecule has 0 radical (unpaired) electrons. The van der Waals surface area contributed by atoms with Crippen molar-refractivity contribution in [2.75, 3.05) is 31.6 Å². The normalized spacial score (nSPS) is 19.7. The SMILES string of the molecule is COc1ccccc1N(C)S(=O)(=O)c1ccc(C(=O)N2C[C@@H](C)O[C@H](C)C2)cc1. The zero-order valence-electron chi connectivity index (χ0n) is 17.0. The molecule has 0 spiro atoms. The fraction of sp³-hybridized carbons (Fsp3) is 0.381. The van der Waals surface area contributed by atoms with E-state index in [1.807, 2.05) is 13.8 Å². The Balaban J connectivity index is 1.82. The van der Waals surface area contributed by atoms with Crippen molar-refractivity contribution >= 4 is 21.6 Å². The number of sulfonamides is 1. The number of methoxy groups -OCH3 is 1. The van der Waals surface area contributed by atoms with Crippen LogP contribution in [0.15, 0.2) is 53.4 Å². The number of carbonyl (C=O) groups is 1. The van der Waals surface area contributed by atoms with Crippen molar-refractivity contribution in [1.29, 1.82) is 0 Å². The Morgan fingerprint density at radius 2 is 1.66 bits per heavy atom. The van der Waals surface area contributed by atoms with Crippen molar-refractivity contribution in [2.45, 2.75) is 31.0 Å². The van der Waals surface area contributed by atoms with E-state index in [9.17, 15) is 13.2 Å². The molecule has 1 aliphatic rings. The van der Waals surface area contributed by atoms with E-state index < -0.39 is 10.0 Å². The second kappa shape index (κ2) is 8.42. The topological polar surface area (TPSA) is 76.2 Å². The minimum Gasteiger partial charge on any atom is -0.495 e. The van der Waals surface area contributed by atoms with Crippen LogP contribution in [0, 0.1) is 0 Å². The lowest BCUT2D eigenvalue weighted by molar-refractivity contribution is -0.0586. The second-order valence-electron chi connectivity index (χ2n) is 7.14. The van der Waals surface area contributed by atoms with E-state index in [4.69, 9.17) is 9.47 Å². The monoisotopic (exact) mass is 418 g/mol. The standard InChI is InChI=1S/C21H26N2O5S/c1-15-13-23(14-16(2)28-15)21(24)17-9-11-18(12-10-17)29(25,26)22(3)19-7-5-6-8-20(19)27-4/h5-12,15-16H,13-14H2,1-4H3/t15-,16-/m1/s1. The number of benzene rings is 2. The van der Waals surface area contributed by atoms with E-state index in [1.54, 1.807) is 41.3 Å². The van der Waals surface area contributed by atoms with Gasteiger partial charge in [0.15, 0.2) is 0 Å². The summed E-state index contributed by atoms with van der Waals surface area (Å²) in [7, 11) is -0.833. The third kappa shape index (κ3) is 4.38. The predicted octanol–water partition coefficient (Wildman–Crippen LogP) is 2.77. The number of hydrogen-bond donors (Lipinski definition) is 0. The zero-order valence-corrected chi connectivity index (χ0v) is 17.8. The van der Waals surface area contributed by atoms with Crippen molar-refractivity contribution in [1.82, 2.24) is 4.90 Å². The van der Waals surface area contributed by atoms with Gasteiger partial charge in [-0.25, -0.2) is 8.42 Å². The first-order chi connectivity index (χ1) is 13.7. The van der Waals surface area contributed by atoms with Crippen LogP contribution in [0.25, 0.3) is 0 Å². The lowest BCUT2D eigenvalue weighted by atomic mass is 10.1. The number of amides is 1. The molecule has 8 heteroatoms. The van der Waals surface area contributed by atoms with Gasteiger partial charge in [-0.3, -0.25) is 9.10 Å². The molecule has 1 aliphatic heterocycles. The van der Waals surface area contributed by atoms with Gasteiger partial charge < -0.3 is 14.4 Å². The number of nitrogens with zero attached hydrogens (tertiary/aromatic N) is 2. The first-order valence-electron chi connectivity index (χ1n) is 9.40. The molecule has 1 saturated heterocycles. The number of rotatable bonds is 5. The third-order valence-corrected chi connectivity index (χ3v) is 6.68. The Morgan fingerprint density at radius 3 is 2.24 bits per heavy atom. The highest BCUT2D eigenvalue weighted by atomic mass is 32.2. The lowest BCUT2D eigenvalue weighted by Crippen LogP contribution is -2.48. The average molecular weight is 419 g/mol. The Hall–Kier alpha value is -2.58. The minimum absolute atomic E-state index is 0.0307. The fourth-order valence-corrected chi connectivity index (χ4v) is 4.68. The van der Waals surface area contributed by atoms with Crippen LogP contribution >= 0.6 is 0 Å². The van der Waals surface area contributed by atoms with Crippen molar-refractivity contribution in [3.8, 4) is 5.75 Å². The maximum Gasteiger partial charge on any atom is 0.264 e. The highest BCUT2D eigenvalue weighted by molar-refractivity contribution is 7.92. The quantitative estimate of drug-likeness (QED) is 0.746. The van der Waals surface area contributed by atoms with Crippen LogP contribution in [0.4, 0.5) is 5.69 Å². The molecule has 0 saturated carbocycles. The Kier molecular flexibility index (Phi) is 6.14. The summed E-state index contributed by atoms with van der Waals surface area (Å²) in [5, 5.41) is 0. The van der Waals surface area contributed by atoms with Crippen LogP contribution < -0.4 is 9.04 Å². The summed E-state index contributed by atoms with van der Waals surface area (Å²) in [4.78, 5) is 14.6. The molecular formula is C21H26N2O5S. The second-order valence-corrected chi connectivity index (χ2v) is 9.11.